The molecule has 1 aromatic carbocycles. The van der Waals surface area contributed by atoms with Crippen LogP contribution in [-0.4, -0.2) is 43.5 Å². The standard InChI is InChI=1S/C14H21ClN2O3S/c1-14(2,3)17(21(4,19)20)10-9-16-13(18)11-7-5-6-8-12(11)15/h5-8H,9-10H2,1-4H3,(H,16,18). The van der Waals surface area contributed by atoms with Crippen molar-refractivity contribution in [1.29, 1.82) is 0 Å². The zero-order valence-corrected chi connectivity index (χ0v) is 14.3. The molecule has 0 aliphatic rings. The SMILES string of the molecule is CC(C)(C)N(CCNC(=O)c1ccccc1Cl)S(C)(=O)=O. The zero-order chi connectivity index (χ0) is 16.3. The number of hydrogen-bond acceptors (Lipinski definition) is 3. The van der Waals surface area contributed by atoms with Crippen LogP contribution in [0.3, 0.4) is 0 Å². The van der Waals surface area contributed by atoms with E-state index < -0.39 is 15.6 Å². The van der Waals surface area contributed by atoms with Crippen LogP contribution in [0, 0.1) is 0 Å². The number of benzene rings is 1. The van der Waals surface area contributed by atoms with E-state index >= 15 is 0 Å². The fourth-order valence-electron chi connectivity index (χ4n) is 2.01. The number of nitrogens with zero attached hydrogens (tertiary/aromatic N) is 1. The second kappa shape index (κ2) is 6.77. The Balaban J connectivity index is 2.68. The molecule has 1 rings (SSSR count). The maximum Gasteiger partial charge on any atom is 0.252 e. The van der Waals surface area contributed by atoms with Gasteiger partial charge < -0.3 is 5.32 Å². The van der Waals surface area contributed by atoms with Crippen LogP contribution < -0.4 is 5.32 Å². The Morgan fingerprint density at radius 3 is 2.33 bits per heavy atom. The van der Waals surface area contributed by atoms with Gasteiger partial charge in [-0.15, -0.1) is 0 Å². The van der Waals surface area contributed by atoms with Gasteiger partial charge in [0.15, 0.2) is 0 Å². The van der Waals surface area contributed by atoms with Crippen LogP contribution in [0.15, 0.2) is 24.3 Å². The molecule has 0 saturated heterocycles. The van der Waals surface area contributed by atoms with Crippen molar-refractivity contribution in [2.75, 3.05) is 19.3 Å². The summed E-state index contributed by atoms with van der Waals surface area (Å²) in [6.07, 6.45) is 1.16. The zero-order valence-electron chi connectivity index (χ0n) is 12.7. The summed E-state index contributed by atoms with van der Waals surface area (Å²) in [4.78, 5) is 12.0. The van der Waals surface area contributed by atoms with E-state index in [1.807, 2.05) is 20.8 Å². The van der Waals surface area contributed by atoms with Crippen molar-refractivity contribution in [1.82, 2.24) is 9.62 Å². The van der Waals surface area contributed by atoms with E-state index in [0.29, 0.717) is 10.6 Å². The highest BCUT2D eigenvalue weighted by atomic mass is 35.5. The minimum Gasteiger partial charge on any atom is -0.351 e. The molecular weight excluding hydrogens is 312 g/mol. The highest BCUT2D eigenvalue weighted by Gasteiger charge is 2.29. The van der Waals surface area contributed by atoms with E-state index in [1.54, 1.807) is 24.3 Å². The van der Waals surface area contributed by atoms with E-state index in [0.717, 1.165) is 6.26 Å². The van der Waals surface area contributed by atoms with Crippen molar-refractivity contribution < 1.29 is 13.2 Å². The fraction of sp³-hybridized carbons (Fsp3) is 0.500. The molecule has 1 amide bonds. The van der Waals surface area contributed by atoms with Crippen LogP contribution >= 0.6 is 11.6 Å². The van der Waals surface area contributed by atoms with Crippen LogP contribution in [-0.2, 0) is 10.0 Å². The number of carbonyl (C=O) groups is 1. The summed E-state index contributed by atoms with van der Waals surface area (Å²) in [5, 5.41) is 3.05. The van der Waals surface area contributed by atoms with Gasteiger partial charge in [-0.05, 0) is 32.9 Å². The smallest absolute Gasteiger partial charge is 0.252 e. The molecule has 0 bridgehead atoms. The Labute approximate surface area is 131 Å². The van der Waals surface area contributed by atoms with Crippen molar-refractivity contribution >= 4 is 27.5 Å². The Morgan fingerprint density at radius 1 is 1.29 bits per heavy atom. The number of carbonyl (C=O) groups excluding carboxylic acids is 1. The van der Waals surface area contributed by atoms with Crippen molar-refractivity contribution in [3.8, 4) is 0 Å². The molecule has 0 fully saturated rings. The number of rotatable bonds is 5. The summed E-state index contributed by atoms with van der Waals surface area (Å²) in [6, 6.07) is 6.72. The average Bonchev–Trinajstić information content (AvgIpc) is 2.31. The molecule has 0 spiro atoms. The van der Waals surface area contributed by atoms with Gasteiger partial charge in [-0.3, -0.25) is 4.79 Å². The van der Waals surface area contributed by atoms with E-state index in [1.165, 1.54) is 4.31 Å². The molecular formula is C14H21ClN2O3S. The summed E-state index contributed by atoms with van der Waals surface area (Å²) in [5.74, 6) is -0.317. The molecule has 1 N–H and O–H groups in total. The van der Waals surface area contributed by atoms with Crippen molar-refractivity contribution in [3.05, 3.63) is 34.9 Å². The van der Waals surface area contributed by atoms with Crippen LogP contribution in [0.25, 0.3) is 0 Å². The maximum absolute atomic E-state index is 12.0. The average molecular weight is 333 g/mol. The molecule has 5 nitrogen and oxygen atoms in total. The van der Waals surface area contributed by atoms with Gasteiger partial charge in [0.05, 0.1) is 16.8 Å². The first-order valence-corrected chi connectivity index (χ1v) is 8.76. The quantitative estimate of drug-likeness (QED) is 0.898. The summed E-state index contributed by atoms with van der Waals surface area (Å²) >= 11 is 5.94. The number of halogens is 1. The number of hydrogen-bond donors (Lipinski definition) is 1. The molecule has 0 aromatic heterocycles. The summed E-state index contributed by atoms with van der Waals surface area (Å²) < 4.78 is 24.9. The molecule has 0 aliphatic carbocycles. The van der Waals surface area contributed by atoms with Crippen LogP contribution in [0.5, 0.6) is 0 Å². The lowest BCUT2D eigenvalue weighted by Gasteiger charge is -2.33. The molecule has 118 valence electrons. The topological polar surface area (TPSA) is 66.5 Å². The largest absolute Gasteiger partial charge is 0.351 e. The lowest BCUT2D eigenvalue weighted by atomic mass is 10.1. The monoisotopic (exact) mass is 332 g/mol. The number of amides is 1. The minimum absolute atomic E-state index is 0.207. The predicted molar refractivity (Wildman–Crippen MR) is 85.1 cm³/mol. The van der Waals surface area contributed by atoms with E-state index in [4.69, 9.17) is 11.6 Å². The number of nitrogens with one attached hydrogen (secondary N) is 1. The third-order valence-electron chi connectivity index (χ3n) is 2.87. The second-order valence-electron chi connectivity index (χ2n) is 5.74. The Bertz CT molecular complexity index is 609. The van der Waals surface area contributed by atoms with Crippen molar-refractivity contribution in [3.63, 3.8) is 0 Å². The predicted octanol–water partition coefficient (Wildman–Crippen LogP) is 2.13. The highest BCUT2D eigenvalue weighted by Crippen LogP contribution is 2.17. The van der Waals surface area contributed by atoms with Gasteiger partial charge in [0, 0.05) is 18.6 Å². The second-order valence-corrected chi connectivity index (χ2v) is 8.06. The van der Waals surface area contributed by atoms with Gasteiger partial charge in [-0.2, -0.15) is 4.31 Å². The Kier molecular flexibility index (Phi) is 5.78. The molecule has 0 heterocycles. The summed E-state index contributed by atoms with van der Waals surface area (Å²) in [5.41, 5.74) is -0.163. The first kappa shape index (κ1) is 17.9. The molecule has 7 heteroatoms. The van der Waals surface area contributed by atoms with Crippen molar-refractivity contribution in [2.24, 2.45) is 0 Å². The highest BCUT2D eigenvalue weighted by molar-refractivity contribution is 7.88. The van der Waals surface area contributed by atoms with Gasteiger partial charge in [-0.25, -0.2) is 8.42 Å². The third-order valence-corrected chi connectivity index (χ3v) is 4.73. The summed E-state index contributed by atoms with van der Waals surface area (Å²) in [6.45, 7) is 5.85. The van der Waals surface area contributed by atoms with Gasteiger partial charge >= 0.3 is 0 Å². The van der Waals surface area contributed by atoms with Crippen LogP contribution in [0.4, 0.5) is 0 Å². The normalized spacial score (nSPS) is 12.5. The maximum atomic E-state index is 12.0. The van der Waals surface area contributed by atoms with Gasteiger partial charge in [0.2, 0.25) is 10.0 Å². The van der Waals surface area contributed by atoms with Crippen LogP contribution in [0.1, 0.15) is 31.1 Å². The Hall–Kier alpha value is -1.11. The van der Waals surface area contributed by atoms with E-state index in [-0.39, 0.29) is 19.0 Å². The van der Waals surface area contributed by atoms with Crippen molar-refractivity contribution in [2.45, 2.75) is 26.3 Å². The van der Waals surface area contributed by atoms with Gasteiger partial charge in [0.1, 0.15) is 0 Å². The molecule has 0 aliphatic heterocycles. The minimum atomic E-state index is -3.34. The van der Waals surface area contributed by atoms with Crippen LogP contribution in [0.2, 0.25) is 5.02 Å². The Morgan fingerprint density at radius 2 is 1.86 bits per heavy atom. The first-order chi connectivity index (χ1) is 9.53. The van der Waals surface area contributed by atoms with E-state index in [2.05, 4.69) is 5.32 Å². The van der Waals surface area contributed by atoms with E-state index in [9.17, 15) is 13.2 Å². The lowest BCUT2D eigenvalue weighted by molar-refractivity contribution is 0.0948. The summed E-state index contributed by atoms with van der Waals surface area (Å²) in [7, 11) is -3.34. The molecule has 21 heavy (non-hydrogen) atoms. The molecule has 0 atom stereocenters. The molecule has 0 unspecified atom stereocenters. The molecule has 0 saturated carbocycles. The fourth-order valence-corrected chi connectivity index (χ4v) is 3.65. The molecule has 0 radical (unpaired) electrons. The van der Waals surface area contributed by atoms with Gasteiger partial charge in [0.25, 0.3) is 5.91 Å². The first-order valence-electron chi connectivity index (χ1n) is 6.54. The lowest BCUT2D eigenvalue weighted by Crippen LogP contribution is -2.48. The molecule has 1 aromatic rings. The third kappa shape index (κ3) is 5.30. The van der Waals surface area contributed by atoms with Gasteiger partial charge in [-0.1, -0.05) is 23.7 Å². The number of sulfonamides is 1.